The molecule has 7 heteroatoms. The summed E-state index contributed by atoms with van der Waals surface area (Å²) >= 11 is 0. The molecule has 7 nitrogen and oxygen atoms in total. The summed E-state index contributed by atoms with van der Waals surface area (Å²) in [7, 11) is 0. The van der Waals surface area contributed by atoms with Crippen molar-refractivity contribution in [3.63, 3.8) is 0 Å². The van der Waals surface area contributed by atoms with Crippen LogP contribution in [0.25, 0.3) is 0 Å². The number of benzene rings is 1. The first-order valence-corrected chi connectivity index (χ1v) is 8.37. The number of nitrogens with zero attached hydrogens (tertiary/aromatic N) is 2. The van der Waals surface area contributed by atoms with Crippen molar-refractivity contribution in [2.45, 2.75) is 31.8 Å². The van der Waals surface area contributed by atoms with Gasteiger partial charge in [-0.15, -0.1) is 0 Å². The minimum atomic E-state index is -0.869. The molecule has 2 aliphatic rings. The van der Waals surface area contributed by atoms with E-state index in [1.807, 2.05) is 18.2 Å². The average molecular weight is 333 g/mol. The zero-order chi connectivity index (χ0) is 17.1. The molecule has 0 aromatic heterocycles. The van der Waals surface area contributed by atoms with Crippen LogP contribution >= 0.6 is 0 Å². The molecule has 130 valence electrons. The molecule has 0 bridgehead atoms. The van der Waals surface area contributed by atoms with Gasteiger partial charge in [0.15, 0.2) is 0 Å². The van der Waals surface area contributed by atoms with Crippen LogP contribution in [0, 0.1) is 0 Å². The summed E-state index contributed by atoms with van der Waals surface area (Å²) in [6.45, 7) is 1.20. The van der Waals surface area contributed by atoms with Gasteiger partial charge >= 0.3 is 0 Å². The highest BCUT2D eigenvalue weighted by Gasteiger charge is 2.27. The first-order valence-electron chi connectivity index (χ1n) is 8.37. The summed E-state index contributed by atoms with van der Waals surface area (Å²) in [5, 5.41) is 21.6. The monoisotopic (exact) mass is 333 g/mol. The highest BCUT2D eigenvalue weighted by Crippen LogP contribution is 2.35. The fourth-order valence-corrected chi connectivity index (χ4v) is 3.18. The van der Waals surface area contributed by atoms with Crippen molar-refractivity contribution in [1.82, 2.24) is 0 Å². The Balaban J connectivity index is 1.89. The van der Waals surface area contributed by atoms with Gasteiger partial charge in [0.2, 0.25) is 11.8 Å². The lowest BCUT2D eigenvalue weighted by Crippen LogP contribution is -2.28. The molecule has 1 atom stereocenters. The zero-order valence-electron chi connectivity index (χ0n) is 13.6. The summed E-state index contributed by atoms with van der Waals surface area (Å²) < 4.78 is 0. The lowest BCUT2D eigenvalue weighted by Gasteiger charge is -2.24. The van der Waals surface area contributed by atoms with Crippen LogP contribution in [-0.2, 0) is 9.59 Å². The van der Waals surface area contributed by atoms with E-state index in [2.05, 4.69) is 5.32 Å². The van der Waals surface area contributed by atoms with Crippen molar-refractivity contribution in [3.05, 3.63) is 18.2 Å². The molecular weight excluding hydrogens is 310 g/mol. The van der Waals surface area contributed by atoms with Crippen molar-refractivity contribution in [2.75, 3.05) is 41.4 Å². The van der Waals surface area contributed by atoms with Gasteiger partial charge in [-0.1, -0.05) is 0 Å². The molecule has 0 aliphatic carbocycles. The predicted molar refractivity (Wildman–Crippen MR) is 91.2 cm³/mol. The van der Waals surface area contributed by atoms with Crippen molar-refractivity contribution < 1.29 is 19.8 Å². The number of aliphatic hydroxyl groups is 2. The number of amides is 2. The third-order valence-electron chi connectivity index (χ3n) is 4.47. The SMILES string of the molecule is O=C1CCCN1c1ccc(NCC(O)CO)c(N2CCCC2=O)c1. The Labute approximate surface area is 140 Å². The summed E-state index contributed by atoms with van der Waals surface area (Å²) in [5.74, 6) is 0.163. The Morgan fingerprint density at radius 3 is 2.33 bits per heavy atom. The van der Waals surface area contributed by atoms with Gasteiger partial charge in [-0.3, -0.25) is 9.59 Å². The molecule has 3 N–H and O–H groups in total. The number of nitrogens with one attached hydrogen (secondary N) is 1. The number of hydrogen-bond donors (Lipinski definition) is 3. The minimum Gasteiger partial charge on any atom is -0.394 e. The van der Waals surface area contributed by atoms with E-state index in [0.717, 1.165) is 24.2 Å². The molecule has 0 saturated carbocycles. The Bertz CT molecular complexity index is 634. The maximum Gasteiger partial charge on any atom is 0.227 e. The summed E-state index contributed by atoms with van der Waals surface area (Å²) in [6.07, 6.45) is 1.86. The molecular formula is C17H23N3O4. The topological polar surface area (TPSA) is 93.1 Å². The van der Waals surface area contributed by atoms with Crippen molar-refractivity contribution in [2.24, 2.45) is 0 Å². The average Bonchev–Trinajstić information content (AvgIpc) is 3.20. The van der Waals surface area contributed by atoms with Crippen LogP contribution in [0.2, 0.25) is 0 Å². The second-order valence-corrected chi connectivity index (χ2v) is 6.22. The molecule has 0 radical (unpaired) electrons. The van der Waals surface area contributed by atoms with Gasteiger partial charge in [0.25, 0.3) is 0 Å². The number of carbonyl (C=O) groups excluding carboxylic acids is 2. The van der Waals surface area contributed by atoms with Gasteiger partial charge in [0, 0.05) is 38.2 Å². The van der Waals surface area contributed by atoms with Crippen LogP contribution in [0.1, 0.15) is 25.7 Å². The smallest absolute Gasteiger partial charge is 0.227 e. The third kappa shape index (κ3) is 3.37. The van der Waals surface area contributed by atoms with E-state index in [0.29, 0.717) is 31.6 Å². The van der Waals surface area contributed by atoms with E-state index in [-0.39, 0.29) is 25.0 Å². The van der Waals surface area contributed by atoms with E-state index in [4.69, 9.17) is 5.11 Å². The van der Waals surface area contributed by atoms with Crippen LogP contribution in [0.5, 0.6) is 0 Å². The lowest BCUT2D eigenvalue weighted by molar-refractivity contribution is -0.117. The largest absolute Gasteiger partial charge is 0.394 e. The number of aliphatic hydroxyl groups excluding tert-OH is 2. The summed E-state index contributed by atoms with van der Waals surface area (Å²) in [6, 6.07) is 5.53. The highest BCUT2D eigenvalue weighted by molar-refractivity contribution is 6.01. The van der Waals surface area contributed by atoms with Gasteiger partial charge < -0.3 is 25.3 Å². The standard InChI is InChI=1S/C17H23N3O4/c21-11-13(22)10-18-14-6-5-12(19-7-1-3-16(19)23)9-15(14)20-8-2-4-17(20)24/h5-6,9,13,18,21-22H,1-4,7-8,10-11H2. The molecule has 3 rings (SSSR count). The van der Waals surface area contributed by atoms with Crippen molar-refractivity contribution in [1.29, 1.82) is 0 Å². The molecule has 2 saturated heterocycles. The van der Waals surface area contributed by atoms with E-state index in [1.165, 1.54) is 0 Å². The molecule has 2 aliphatic heterocycles. The van der Waals surface area contributed by atoms with Crippen molar-refractivity contribution in [3.8, 4) is 0 Å². The van der Waals surface area contributed by atoms with Crippen LogP contribution in [0.15, 0.2) is 18.2 Å². The normalized spacial score (nSPS) is 19.2. The molecule has 1 unspecified atom stereocenters. The number of anilines is 3. The molecule has 2 heterocycles. The van der Waals surface area contributed by atoms with E-state index >= 15 is 0 Å². The second kappa shape index (κ2) is 7.19. The number of carbonyl (C=O) groups is 2. The molecule has 1 aromatic carbocycles. The third-order valence-corrected chi connectivity index (χ3v) is 4.47. The lowest BCUT2D eigenvalue weighted by atomic mass is 10.2. The Kier molecular flexibility index (Phi) is 5.01. The highest BCUT2D eigenvalue weighted by atomic mass is 16.3. The van der Waals surface area contributed by atoms with Gasteiger partial charge in [0.05, 0.1) is 24.1 Å². The van der Waals surface area contributed by atoms with Gasteiger partial charge in [-0.2, -0.15) is 0 Å². The summed E-state index contributed by atoms with van der Waals surface area (Å²) in [5.41, 5.74) is 2.23. The zero-order valence-corrected chi connectivity index (χ0v) is 13.6. The van der Waals surface area contributed by atoms with Crippen LogP contribution in [-0.4, -0.2) is 54.4 Å². The fraction of sp³-hybridized carbons (Fsp3) is 0.529. The van der Waals surface area contributed by atoms with Gasteiger partial charge in [0.1, 0.15) is 0 Å². The van der Waals surface area contributed by atoms with Crippen LogP contribution < -0.4 is 15.1 Å². The van der Waals surface area contributed by atoms with E-state index < -0.39 is 6.10 Å². The summed E-state index contributed by atoms with van der Waals surface area (Å²) in [4.78, 5) is 27.6. The van der Waals surface area contributed by atoms with Gasteiger partial charge in [-0.25, -0.2) is 0 Å². The number of hydrogen-bond acceptors (Lipinski definition) is 5. The maximum absolute atomic E-state index is 12.1. The molecule has 2 fully saturated rings. The second-order valence-electron chi connectivity index (χ2n) is 6.22. The molecule has 2 amide bonds. The maximum atomic E-state index is 12.1. The van der Waals surface area contributed by atoms with E-state index in [9.17, 15) is 14.7 Å². The first-order chi connectivity index (χ1) is 11.6. The van der Waals surface area contributed by atoms with Crippen molar-refractivity contribution >= 4 is 28.9 Å². The Morgan fingerprint density at radius 1 is 1.08 bits per heavy atom. The van der Waals surface area contributed by atoms with Gasteiger partial charge in [-0.05, 0) is 31.0 Å². The number of rotatable bonds is 6. The van der Waals surface area contributed by atoms with Crippen LogP contribution in [0.4, 0.5) is 17.1 Å². The van der Waals surface area contributed by atoms with E-state index in [1.54, 1.807) is 9.80 Å². The Hall–Kier alpha value is -2.12. The minimum absolute atomic E-state index is 0.0608. The molecule has 1 aromatic rings. The Morgan fingerprint density at radius 2 is 1.75 bits per heavy atom. The molecule has 24 heavy (non-hydrogen) atoms. The molecule has 0 spiro atoms. The quantitative estimate of drug-likeness (QED) is 0.713. The first kappa shape index (κ1) is 16.7. The predicted octanol–water partition coefficient (Wildman–Crippen LogP) is 0.705. The van der Waals surface area contributed by atoms with Crippen LogP contribution in [0.3, 0.4) is 0 Å². The fourth-order valence-electron chi connectivity index (χ4n) is 3.18.